The van der Waals surface area contributed by atoms with E-state index in [4.69, 9.17) is 4.74 Å². The largest absolute Gasteiger partial charge is 0.458 e. The van der Waals surface area contributed by atoms with Crippen molar-refractivity contribution in [1.29, 1.82) is 0 Å². The van der Waals surface area contributed by atoms with E-state index in [2.05, 4.69) is 13.8 Å². The van der Waals surface area contributed by atoms with Gasteiger partial charge in [-0.2, -0.15) is 0 Å². The lowest BCUT2D eigenvalue weighted by Crippen LogP contribution is -2.66. The molecule has 1 heterocycles. The number of rotatable bonds is 2. The number of cyclic esters (lactones) is 1. The predicted molar refractivity (Wildman–Crippen MR) is 127 cm³/mol. The Balaban J connectivity index is 1.34. The molecule has 0 saturated heterocycles. The summed E-state index contributed by atoms with van der Waals surface area (Å²) < 4.78 is 5.84. The number of carbonyl (C=O) groups excluding carboxylic acids is 2. The molecule has 4 fully saturated rings. The number of hydrogen-bond donors (Lipinski definition) is 2. The average molecular weight is 469 g/mol. The second-order valence-electron chi connectivity index (χ2n) is 13.2. The van der Waals surface area contributed by atoms with Gasteiger partial charge in [-0.1, -0.05) is 25.5 Å². The third kappa shape index (κ3) is 2.49. The maximum Gasteiger partial charge on any atom is 0.333 e. The number of carbonyl (C=O) groups is 2. The molecule has 11 atom stereocenters. The second kappa shape index (κ2) is 6.85. The molecule has 0 spiro atoms. The van der Waals surface area contributed by atoms with Gasteiger partial charge in [-0.15, -0.1) is 0 Å². The van der Waals surface area contributed by atoms with Crippen molar-refractivity contribution in [2.24, 2.45) is 46.3 Å². The van der Waals surface area contributed by atoms with Crippen LogP contribution in [-0.4, -0.2) is 39.3 Å². The molecular weight excluding hydrogens is 428 g/mol. The number of hydrogen-bond acceptors (Lipinski definition) is 5. The fourth-order valence-electron chi connectivity index (χ4n) is 9.92. The van der Waals surface area contributed by atoms with Crippen LogP contribution in [0.3, 0.4) is 0 Å². The van der Waals surface area contributed by atoms with Gasteiger partial charge in [-0.3, -0.25) is 4.79 Å². The van der Waals surface area contributed by atoms with E-state index in [0.717, 1.165) is 31.3 Å². The summed E-state index contributed by atoms with van der Waals surface area (Å²) in [4.78, 5) is 25.8. The Hall–Kier alpha value is -1.46. The smallest absolute Gasteiger partial charge is 0.333 e. The van der Waals surface area contributed by atoms with Gasteiger partial charge in [0, 0.05) is 17.9 Å². The lowest BCUT2D eigenvalue weighted by molar-refractivity contribution is -0.213. The molecule has 0 bridgehead atoms. The summed E-state index contributed by atoms with van der Waals surface area (Å²) in [5.74, 6) is 1.18. The molecule has 0 amide bonds. The molecule has 0 aromatic rings. The maximum atomic E-state index is 13.3. The van der Waals surface area contributed by atoms with Crippen LogP contribution in [0.1, 0.15) is 79.6 Å². The number of ether oxygens (including phenoxy) is 1. The summed E-state index contributed by atoms with van der Waals surface area (Å²) in [7, 11) is 0. The van der Waals surface area contributed by atoms with Gasteiger partial charge >= 0.3 is 5.97 Å². The van der Waals surface area contributed by atoms with Crippen LogP contribution in [0.4, 0.5) is 0 Å². The minimum atomic E-state index is -0.918. The van der Waals surface area contributed by atoms with Crippen LogP contribution in [0.25, 0.3) is 0 Å². The number of allylic oxidation sites excluding steroid dienone is 1. The summed E-state index contributed by atoms with van der Waals surface area (Å²) in [6.07, 6.45) is 8.91. The summed E-state index contributed by atoms with van der Waals surface area (Å²) in [5, 5.41) is 24.2. The SMILES string of the molecule is CC1=C(C)C(=O)OC([C@@H](C)[C@@]2(O)CCC3C4C(CC[C@@]32C)[C@@]2(C)C(=O)C=CC[C@]2(O)[C@H]2C[C@@H]42)C1. The zero-order valence-electron chi connectivity index (χ0n) is 21.3. The summed E-state index contributed by atoms with van der Waals surface area (Å²) in [6, 6.07) is 0. The van der Waals surface area contributed by atoms with Crippen molar-refractivity contribution in [1.82, 2.24) is 0 Å². The van der Waals surface area contributed by atoms with Crippen molar-refractivity contribution in [3.63, 3.8) is 0 Å². The van der Waals surface area contributed by atoms with Gasteiger partial charge in [0.15, 0.2) is 5.78 Å². The van der Waals surface area contributed by atoms with Crippen LogP contribution in [0.2, 0.25) is 0 Å². The normalized spacial score (nSPS) is 54.6. The van der Waals surface area contributed by atoms with E-state index in [1.165, 1.54) is 0 Å². The van der Waals surface area contributed by atoms with Crippen molar-refractivity contribution in [2.45, 2.75) is 96.9 Å². The highest BCUT2D eigenvalue weighted by Gasteiger charge is 2.77. The van der Waals surface area contributed by atoms with E-state index in [-0.39, 0.29) is 41.0 Å². The van der Waals surface area contributed by atoms with Crippen molar-refractivity contribution in [3.05, 3.63) is 23.3 Å². The van der Waals surface area contributed by atoms with Crippen molar-refractivity contribution >= 4 is 11.8 Å². The van der Waals surface area contributed by atoms with Gasteiger partial charge in [-0.25, -0.2) is 4.79 Å². The molecule has 4 saturated carbocycles. The Morgan fingerprint density at radius 1 is 1.06 bits per heavy atom. The minimum Gasteiger partial charge on any atom is -0.458 e. The Morgan fingerprint density at radius 3 is 2.47 bits per heavy atom. The first-order valence-electron chi connectivity index (χ1n) is 13.4. The van der Waals surface area contributed by atoms with Crippen LogP contribution in [0.15, 0.2) is 23.3 Å². The molecule has 0 radical (unpaired) electrons. The van der Waals surface area contributed by atoms with Gasteiger partial charge < -0.3 is 14.9 Å². The van der Waals surface area contributed by atoms with Gasteiger partial charge in [-0.05, 0) is 100 Å². The first kappa shape index (κ1) is 23.0. The number of aliphatic hydroxyl groups is 2. The lowest BCUT2D eigenvalue weighted by atomic mass is 9.43. The van der Waals surface area contributed by atoms with Gasteiger partial charge in [0.25, 0.3) is 0 Å². The number of esters is 1. The molecule has 0 aromatic heterocycles. The standard InChI is InChI=1S/C29H40O5/c1-15-13-22(34-25(31)16(15)2)17(3)28(32)12-9-19-24-18-14-21(18)29(33)10-6-7-23(30)27(29,5)20(24)8-11-26(19,28)4/h6-7,17-22,24,32-33H,8-14H2,1-5H3/t17-,18-,19?,20?,21+,22?,24?,26+,27+,28+,29+/m1/s1. The van der Waals surface area contributed by atoms with Crippen molar-refractivity contribution < 1.29 is 24.5 Å². The Kier molecular flexibility index (Phi) is 4.63. The van der Waals surface area contributed by atoms with Crippen LogP contribution in [0, 0.1) is 46.3 Å². The van der Waals surface area contributed by atoms with Crippen LogP contribution >= 0.6 is 0 Å². The van der Waals surface area contributed by atoms with Gasteiger partial charge in [0.2, 0.25) is 0 Å². The molecule has 5 aliphatic carbocycles. The van der Waals surface area contributed by atoms with E-state index in [9.17, 15) is 19.8 Å². The van der Waals surface area contributed by atoms with Crippen LogP contribution in [-0.2, 0) is 14.3 Å². The molecular formula is C29H40O5. The summed E-state index contributed by atoms with van der Waals surface area (Å²) in [5.41, 5.74) is -1.08. The zero-order valence-corrected chi connectivity index (χ0v) is 21.3. The molecule has 34 heavy (non-hydrogen) atoms. The molecule has 1 aliphatic heterocycles. The molecule has 6 rings (SSSR count). The highest BCUT2D eigenvalue weighted by atomic mass is 16.5. The summed E-state index contributed by atoms with van der Waals surface area (Å²) in [6.45, 7) is 10.2. The molecule has 6 aliphatic rings. The molecule has 5 nitrogen and oxygen atoms in total. The van der Waals surface area contributed by atoms with Gasteiger partial charge in [0.1, 0.15) is 6.10 Å². The van der Waals surface area contributed by atoms with Gasteiger partial charge in [0.05, 0.1) is 16.6 Å². The average Bonchev–Trinajstić information content (AvgIpc) is 3.55. The number of ketones is 1. The lowest BCUT2D eigenvalue weighted by Gasteiger charge is -2.62. The Labute approximate surface area is 203 Å². The molecule has 5 heteroatoms. The Bertz CT molecular complexity index is 1030. The monoisotopic (exact) mass is 468 g/mol. The summed E-state index contributed by atoms with van der Waals surface area (Å²) >= 11 is 0. The third-order valence-electron chi connectivity index (χ3n) is 12.4. The van der Waals surface area contributed by atoms with Crippen molar-refractivity contribution in [3.8, 4) is 0 Å². The molecule has 4 unspecified atom stereocenters. The first-order valence-corrected chi connectivity index (χ1v) is 13.4. The highest BCUT2D eigenvalue weighted by molar-refractivity contribution is 5.97. The van der Waals surface area contributed by atoms with Crippen LogP contribution < -0.4 is 0 Å². The van der Waals surface area contributed by atoms with E-state index >= 15 is 0 Å². The Morgan fingerprint density at radius 2 is 1.76 bits per heavy atom. The first-order chi connectivity index (χ1) is 15.9. The molecule has 0 aromatic carbocycles. The minimum absolute atomic E-state index is 0.0959. The molecule has 186 valence electrons. The number of fused-ring (bicyclic) bond motifs is 8. The predicted octanol–water partition coefficient (Wildman–Crippen LogP) is 4.36. The highest BCUT2D eigenvalue weighted by Crippen LogP contribution is 2.76. The zero-order chi connectivity index (χ0) is 24.4. The quantitative estimate of drug-likeness (QED) is 0.588. The van der Waals surface area contributed by atoms with Crippen molar-refractivity contribution in [2.75, 3.05) is 0 Å². The van der Waals surface area contributed by atoms with E-state index < -0.39 is 16.6 Å². The fourth-order valence-corrected chi connectivity index (χ4v) is 9.92. The van der Waals surface area contributed by atoms with E-state index in [1.807, 2.05) is 26.8 Å². The van der Waals surface area contributed by atoms with E-state index in [0.29, 0.717) is 42.6 Å². The maximum absolute atomic E-state index is 13.3. The second-order valence-corrected chi connectivity index (χ2v) is 13.2. The fraction of sp³-hybridized carbons (Fsp3) is 0.793. The van der Waals surface area contributed by atoms with E-state index in [1.54, 1.807) is 6.08 Å². The third-order valence-corrected chi connectivity index (χ3v) is 12.4. The molecule has 2 N–H and O–H groups in total. The van der Waals surface area contributed by atoms with Crippen LogP contribution in [0.5, 0.6) is 0 Å². The topological polar surface area (TPSA) is 83.8 Å².